The lowest BCUT2D eigenvalue weighted by molar-refractivity contribution is -0.116. The molecule has 1 fully saturated rings. The summed E-state index contributed by atoms with van der Waals surface area (Å²) in [5.41, 5.74) is 3.08. The topological polar surface area (TPSA) is 78.8 Å². The molecular formula is C19H22N6O. The number of aromatic nitrogens is 4. The van der Waals surface area contributed by atoms with Gasteiger partial charge in [0.2, 0.25) is 5.91 Å². The summed E-state index contributed by atoms with van der Waals surface area (Å²) in [6, 6.07) is 4.34. The zero-order valence-corrected chi connectivity index (χ0v) is 14.8. The highest BCUT2D eigenvalue weighted by Crippen LogP contribution is 2.41. The Bertz CT molecular complexity index is 965. The first kappa shape index (κ1) is 15.6. The fraction of sp³-hybridized carbons (Fsp3) is 0.421. The normalized spacial score (nSPS) is 21.7. The number of amides is 1. The number of nitrogens with zero attached hydrogens (tertiary/aromatic N) is 4. The summed E-state index contributed by atoms with van der Waals surface area (Å²) in [5.74, 6) is 0.936. The molecule has 5 rings (SSSR count). The van der Waals surface area contributed by atoms with Crippen LogP contribution < -0.4 is 5.32 Å². The summed E-state index contributed by atoms with van der Waals surface area (Å²) in [6.45, 7) is 2.12. The number of carbonyl (C=O) groups is 1. The van der Waals surface area contributed by atoms with Gasteiger partial charge in [0.05, 0.1) is 12.2 Å². The van der Waals surface area contributed by atoms with Crippen LogP contribution in [-0.2, 0) is 4.79 Å². The second-order valence-corrected chi connectivity index (χ2v) is 7.38. The summed E-state index contributed by atoms with van der Waals surface area (Å²) in [4.78, 5) is 22.4. The van der Waals surface area contributed by atoms with Crippen molar-refractivity contribution in [3.63, 3.8) is 0 Å². The molecule has 0 saturated carbocycles. The van der Waals surface area contributed by atoms with Crippen molar-refractivity contribution in [2.75, 3.05) is 25.5 Å². The minimum atomic E-state index is 0.0108. The number of H-pyrrole nitrogens is 1. The molecule has 1 amide bonds. The highest BCUT2D eigenvalue weighted by atomic mass is 16.1. The number of rotatable bonds is 2. The van der Waals surface area contributed by atoms with E-state index in [9.17, 15) is 4.79 Å². The number of anilines is 1. The van der Waals surface area contributed by atoms with Crippen molar-refractivity contribution in [2.45, 2.75) is 31.2 Å². The Morgan fingerprint density at radius 1 is 1.23 bits per heavy atom. The first-order valence-electron chi connectivity index (χ1n) is 9.18. The van der Waals surface area contributed by atoms with E-state index in [1.807, 2.05) is 23.1 Å². The summed E-state index contributed by atoms with van der Waals surface area (Å²) in [5, 5.41) is 8.83. The van der Waals surface area contributed by atoms with Crippen LogP contribution in [0.2, 0.25) is 0 Å². The van der Waals surface area contributed by atoms with Crippen LogP contribution in [0.3, 0.4) is 0 Å². The SMILES string of the molecule is CN1CCC(n2ncc3c2NC(=O)CC3c2c[nH]c3ncccc23)CC1. The molecule has 5 heterocycles. The highest BCUT2D eigenvalue weighted by molar-refractivity contribution is 5.95. The van der Waals surface area contributed by atoms with E-state index < -0.39 is 0 Å². The number of aromatic amines is 1. The van der Waals surface area contributed by atoms with E-state index in [1.54, 1.807) is 6.20 Å². The van der Waals surface area contributed by atoms with E-state index in [0.717, 1.165) is 53.9 Å². The van der Waals surface area contributed by atoms with Crippen molar-refractivity contribution in [1.29, 1.82) is 0 Å². The van der Waals surface area contributed by atoms with Gasteiger partial charge in [-0.15, -0.1) is 0 Å². The van der Waals surface area contributed by atoms with Gasteiger partial charge >= 0.3 is 0 Å². The lowest BCUT2D eigenvalue weighted by Crippen LogP contribution is -2.33. The van der Waals surface area contributed by atoms with Gasteiger partial charge in [-0.25, -0.2) is 9.67 Å². The van der Waals surface area contributed by atoms with Crippen molar-refractivity contribution >= 4 is 22.8 Å². The van der Waals surface area contributed by atoms with Gasteiger partial charge in [0.1, 0.15) is 11.5 Å². The van der Waals surface area contributed by atoms with E-state index in [1.165, 1.54) is 0 Å². The number of piperidine rings is 1. The second-order valence-electron chi connectivity index (χ2n) is 7.38. The predicted molar refractivity (Wildman–Crippen MR) is 99.2 cm³/mol. The van der Waals surface area contributed by atoms with Crippen LogP contribution in [0.25, 0.3) is 11.0 Å². The Labute approximate surface area is 151 Å². The first-order chi connectivity index (χ1) is 12.7. The lowest BCUT2D eigenvalue weighted by atomic mass is 9.87. The van der Waals surface area contributed by atoms with Crippen LogP contribution in [0.5, 0.6) is 0 Å². The van der Waals surface area contributed by atoms with Gasteiger partial charge in [0, 0.05) is 35.7 Å². The van der Waals surface area contributed by atoms with Crippen LogP contribution in [0, 0.1) is 0 Å². The maximum Gasteiger partial charge on any atom is 0.226 e. The monoisotopic (exact) mass is 350 g/mol. The molecule has 2 aliphatic heterocycles. The number of hydrogen-bond donors (Lipinski definition) is 2. The fourth-order valence-corrected chi connectivity index (χ4v) is 4.30. The van der Waals surface area contributed by atoms with Gasteiger partial charge in [-0.1, -0.05) is 0 Å². The molecule has 1 unspecified atom stereocenters. The van der Waals surface area contributed by atoms with E-state index in [-0.39, 0.29) is 11.8 Å². The minimum Gasteiger partial charge on any atom is -0.346 e. The van der Waals surface area contributed by atoms with Crippen LogP contribution in [-0.4, -0.2) is 50.7 Å². The zero-order chi connectivity index (χ0) is 17.7. The zero-order valence-electron chi connectivity index (χ0n) is 14.8. The van der Waals surface area contributed by atoms with Crippen LogP contribution >= 0.6 is 0 Å². The predicted octanol–water partition coefficient (Wildman–Crippen LogP) is 2.50. The molecule has 134 valence electrons. The number of carbonyl (C=O) groups excluding carboxylic acids is 1. The molecule has 1 atom stereocenters. The minimum absolute atomic E-state index is 0.0108. The first-order valence-corrected chi connectivity index (χ1v) is 9.18. The van der Waals surface area contributed by atoms with Gasteiger partial charge in [-0.2, -0.15) is 5.10 Å². The maximum atomic E-state index is 12.5. The van der Waals surface area contributed by atoms with E-state index in [4.69, 9.17) is 0 Å². The molecule has 7 nitrogen and oxygen atoms in total. The molecule has 0 radical (unpaired) electrons. The molecule has 0 aromatic carbocycles. The largest absolute Gasteiger partial charge is 0.346 e. The van der Waals surface area contributed by atoms with Crippen LogP contribution in [0.4, 0.5) is 5.82 Å². The number of likely N-dealkylation sites (tertiary alicyclic amines) is 1. The average Bonchev–Trinajstić information content (AvgIpc) is 3.26. The van der Waals surface area contributed by atoms with Crippen LogP contribution in [0.1, 0.15) is 42.3 Å². The van der Waals surface area contributed by atoms with Gasteiger partial charge in [-0.05, 0) is 50.7 Å². The van der Waals surface area contributed by atoms with Crippen LogP contribution in [0.15, 0.2) is 30.7 Å². The molecule has 2 aliphatic rings. The average molecular weight is 350 g/mol. The molecule has 0 aliphatic carbocycles. The van der Waals surface area contributed by atoms with Crippen molar-refractivity contribution in [1.82, 2.24) is 24.6 Å². The molecule has 1 saturated heterocycles. The van der Waals surface area contributed by atoms with Crippen molar-refractivity contribution < 1.29 is 4.79 Å². The van der Waals surface area contributed by atoms with Gasteiger partial charge in [-0.3, -0.25) is 4.79 Å². The third-order valence-corrected chi connectivity index (χ3v) is 5.74. The second kappa shape index (κ2) is 5.95. The highest BCUT2D eigenvalue weighted by Gasteiger charge is 2.33. The summed E-state index contributed by atoms with van der Waals surface area (Å²) < 4.78 is 2.04. The maximum absolute atomic E-state index is 12.5. The number of hydrogen-bond acceptors (Lipinski definition) is 4. The van der Waals surface area contributed by atoms with E-state index in [2.05, 4.69) is 38.4 Å². The van der Waals surface area contributed by atoms with Gasteiger partial charge in [0.25, 0.3) is 0 Å². The van der Waals surface area contributed by atoms with Crippen molar-refractivity contribution in [3.05, 3.63) is 41.9 Å². The Balaban J connectivity index is 1.56. The molecule has 26 heavy (non-hydrogen) atoms. The number of nitrogens with one attached hydrogen (secondary N) is 2. The van der Waals surface area contributed by atoms with Crippen molar-refractivity contribution in [2.24, 2.45) is 0 Å². The molecule has 0 spiro atoms. The third kappa shape index (κ3) is 2.42. The Kier molecular flexibility index (Phi) is 3.56. The molecule has 2 N–H and O–H groups in total. The molecule has 3 aromatic heterocycles. The fourth-order valence-electron chi connectivity index (χ4n) is 4.30. The van der Waals surface area contributed by atoms with E-state index >= 15 is 0 Å². The Morgan fingerprint density at radius 3 is 2.92 bits per heavy atom. The standard InChI is InChI=1S/C19H22N6O/c1-24-7-4-12(5-8-24)25-19-16(11-22-25)14(9-17(26)23-19)15-10-21-18-13(15)3-2-6-20-18/h2-3,6,10-12,14H,4-5,7-9H2,1H3,(H,20,21)(H,23,26). The molecule has 3 aromatic rings. The molecular weight excluding hydrogens is 328 g/mol. The quantitative estimate of drug-likeness (QED) is 0.744. The van der Waals surface area contributed by atoms with Gasteiger partial charge < -0.3 is 15.2 Å². The smallest absolute Gasteiger partial charge is 0.226 e. The number of pyridine rings is 1. The van der Waals surface area contributed by atoms with Crippen molar-refractivity contribution in [3.8, 4) is 0 Å². The summed E-state index contributed by atoms with van der Waals surface area (Å²) >= 11 is 0. The summed E-state index contributed by atoms with van der Waals surface area (Å²) in [7, 11) is 2.15. The molecule has 0 bridgehead atoms. The Morgan fingerprint density at radius 2 is 2.08 bits per heavy atom. The number of fused-ring (bicyclic) bond motifs is 2. The lowest BCUT2D eigenvalue weighted by Gasteiger charge is -2.31. The molecule has 7 heteroatoms. The van der Waals surface area contributed by atoms with E-state index in [0.29, 0.717) is 12.5 Å². The third-order valence-electron chi connectivity index (χ3n) is 5.74. The van der Waals surface area contributed by atoms with Gasteiger partial charge in [0.15, 0.2) is 0 Å². The Hall–Kier alpha value is -2.67. The summed E-state index contributed by atoms with van der Waals surface area (Å²) in [6.07, 6.45) is 8.25.